The molecule has 1 aliphatic rings. The minimum absolute atomic E-state index is 0.223. The Labute approximate surface area is 94.6 Å². The van der Waals surface area contributed by atoms with Gasteiger partial charge in [-0.1, -0.05) is 0 Å². The van der Waals surface area contributed by atoms with Crippen molar-refractivity contribution >= 4 is 17.8 Å². The first-order valence-corrected chi connectivity index (χ1v) is 5.29. The zero-order chi connectivity index (χ0) is 12.1. The van der Waals surface area contributed by atoms with Crippen LogP contribution < -0.4 is 5.32 Å². The number of carbonyl (C=O) groups excluding carboxylic acids is 3. The summed E-state index contributed by atoms with van der Waals surface area (Å²) in [5.74, 6) is -0.918. The van der Waals surface area contributed by atoms with Gasteiger partial charge in [0.05, 0.1) is 0 Å². The number of carbonyl (C=O) groups is 3. The molecule has 0 unspecified atom stereocenters. The molecule has 0 aromatic rings. The van der Waals surface area contributed by atoms with E-state index in [9.17, 15) is 14.4 Å². The highest BCUT2D eigenvalue weighted by Crippen LogP contribution is 2.04. The van der Waals surface area contributed by atoms with Gasteiger partial charge in [0.25, 0.3) is 0 Å². The van der Waals surface area contributed by atoms with Crippen LogP contribution in [0.25, 0.3) is 0 Å². The summed E-state index contributed by atoms with van der Waals surface area (Å²) in [6, 6.07) is -0.592. The van der Waals surface area contributed by atoms with Crippen molar-refractivity contribution in [1.29, 1.82) is 0 Å². The molecule has 1 fully saturated rings. The molecule has 0 atom stereocenters. The topological polar surface area (TPSA) is 69.7 Å². The molecular weight excluding hydrogens is 210 g/mol. The summed E-state index contributed by atoms with van der Waals surface area (Å²) in [5, 5.41) is 2.13. The molecule has 0 spiro atoms. The maximum absolute atomic E-state index is 11.4. The molecule has 6 nitrogen and oxygen atoms in total. The molecule has 0 bridgehead atoms. The lowest BCUT2D eigenvalue weighted by Crippen LogP contribution is -2.52. The average Bonchev–Trinajstić information content (AvgIpc) is 2.14. The van der Waals surface area contributed by atoms with Crippen molar-refractivity contribution in [2.24, 2.45) is 0 Å². The number of nitrogens with zero attached hydrogens (tertiary/aromatic N) is 2. The number of unbranched alkanes of at least 4 members (excludes halogenated alkanes) is 1. The lowest BCUT2D eigenvalue weighted by atomic mass is 10.2. The number of nitrogens with one attached hydrogen (secondary N) is 1. The molecule has 1 heterocycles. The summed E-state index contributed by atoms with van der Waals surface area (Å²) in [6.45, 7) is 1.30. The minimum Gasteiger partial charge on any atom is -0.309 e. The van der Waals surface area contributed by atoms with Crippen molar-refractivity contribution < 1.29 is 14.4 Å². The Bertz CT molecular complexity index is 282. The third-order valence-corrected chi connectivity index (χ3v) is 2.34. The Kier molecular flexibility index (Phi) is 4.42. The molecule has 4 amide bonds. The number of urea groups is 1. The van der Waals surface area contributed by atoms with Crippen molar-refractivity contribution in [2.75, 3.05) is 27.2 Å². The molecule has 0 aromatic heterocycles. The third-order valence-electron chi connectivity index (χ3n) is 2.34. The van der Waals surface area contributed by atoms with E-state index in [1.807, 2.05) is 19.0 Å². The van der Waals surface area contributed by atoms with Crippen molar-refractivity contribution in [3.05, 3.63) is 0 Å². The number of barbiturate groups is 1. The van der Waals surface area contributed by atoms with Crippen LogP contribution in [0, 0.1) is 0 Å². The van der Waals surface area contributed by atoms with Crippen LogP contribution in [-0.2, 0) is 9.59 Å². The first kappa shape index (κ1) is 12.6. The van der Waals surface area contributed by atoms with Gasteiger partial charge in [0, 0.05) is 6.54 Å². The Morgan fingerprint density at radius 3 is 2.50 bits per heavy atom. The van der Waals surface area contributed by atoms with E-state index in [0.29, 0.717) is 6.54 Å². The van der Waals surface area contributed by atoms with E-state index < -0.39 is 17.8 Å². The molecule has 0 aromatic carbocycles. The summed E-state index contributed by atoms with van der Waals surface area (Å²) in [5.41, 5.74) is 0. The Morgan fingerprint density at radius 1 is 1.25 bits per heavy atom. The van der Waals surface area contributed by atoms with Gasteiger partial charge in [-0.05, 0) is 33.5 Å². The predicted octanol–water partition coefficient (Wildman–Crippen LogP) is -0.203. The highest BCUT2D eigenvalue weighted by Gasteiger charge is 2.29. The van der Waals surface area contributed by atoms with Crippen molar-refractivity contribution in [1.82, 2.24) is 15.1 Å². The normalized spacial score (nSPS) is 16.9. The summed E-state index contributed by atoms with van der Waals surface area (Å²) in [6.07, 6.45) is 1.45. The number of hydrogen-bond donors (Lipinski definition) is 1. The lowest BCUT2D eigenvalue weighted by Gasteiger charge is -2.24. The van der Waals surface area contributed by atoms with Gasteiger partial charge < -0.3 is 4.90 Å². The van der Waals surface area contributed by atoms with E-state index in [1.165, 1.54) is 0 Å². The molecule has 1 rings (SSSR count). The van der Waals surface area contributed by atoms with E-state index in [4.69, 9.17) is 0 Å². The Balaban J connectivity index is 2.33. The predicted molar refractivity (Wildman–Crippen MR) is 57.7 cm³/mol. The fourth-order valence-electron chi connectivity index (χ4n) is 1.50. The maximum atomic E-state index is 11.4. The second kappa shape index (κ2) is 5.60. The largest absolute Gasteiger partial charge is 0.330 e. The molecule has 6 heteroatoms. The highest BCUT2D eigenvalue weighted by atomic mass is 16.2. The van der Waals surface area contributed by atoms with Gasteiger partial charge >= 0.3 is 6.03 Å². The molecule has 1 saturated heterocycles. The first-order chi connectivity index (χ1) is 7.50. The van der Waals surface area contributed by atoms with Gasteiger partial charge in [0.1, 0.15) is 6.42 Å². The van der Waals surface area contributed by atoms with Gasteiger partial charge in [-0.25, -0.2) is 4.79 Å². The summed E-state index contributed by atoms with van der Waals surface area (Å²) in [7, 11) is 3.94. The van der Waals surface area contributed by atoms with Gasteiger partial charge in [-0.2, -0.15) is 0 Å². The summed E-state index contributed by atoms with van der Waals surface area (Å²) in [4.78, 5) is 36.7. The highest BCUT2D eigenvalue weighted by molar-refractivity contribution is 6.14. The monoisotopic (exact) mass is 227 g/mol. The van der Waals surface area contributed by atoms with E-state index in [2.05, 4.69) is 5.32 Å². The summed E-state index contributed by atoms with van der Waals surface area (Å²) < 4.78 is 0. The van der Waals surface area contributed by atoms with Crippen LogP contribution in [0.15, 0.2) is 0 Å². The molecule has 0 radical (unpaired) electrons. The Hall–Kier alpha value is -1.43. The molecular formula is C10H17N3O3. The zero-order valence-corrected chi connectivity index (χ0v) is 9.65. The smallest absolute Gasteiger partial charge is 0.309 e. The van der Waals surface area contributed by atoms with Crippen LogP contribution in [-0.4, -0.2) is 54.8 Å². The quantitative estimate of drug-likeness (QED) is 0.521. The van der Waals surface area contributed by atoms with Crippen LogP contribution in [0.5, 0.6) is 0 Å². The SMILES string of the molecule is CN(C)CCCCN1C(=O)CC(=O)NC1=O. The van der Waals surface area contributed by atoms with E-state index in [0.717, 1.165) is 24.3 Å². The summed E-state index contributed by atoms with van der Waals surface area (Å²) >= 11 is 0. The number of imide groups is 2. The number of rotatable bonds is 5. The van der Waals surface area contributed by atoms with Crippen molar-refractivity contribution in [3.8, 4) is 0 Å². The lowest BCUT2D eigenvalue weighted by molar-refractivity contribution is -0.136. The second-order valence-electron chi connectivity index (χ2n) is 4.09. The van der Waals surface area contributed by atoms with E-state index in [1.54, 1.807) is 0 Å². The van der Waals surface area contributed by atoms with Gasteiger partial charge in [-0.3, -0.25) is 19.8 Å². The Morgan fingerprint density at radius 2 is 1.94 bits per heavy atom. The van der Waals surface area contributed by atoms with Crippen LogP contribution in [0.1, 0.15) is 19.3 Å². The standard InChI is InChI=1S/C10H17N3O3/c1-12(2)5-3-4-6-13-9(15)7-8(14)11-10(13)16/h3-7H2,1-2H3,(H,11,14,16). The maximum Gasteiger partial charge on any atom is 0.330 e. The minimum atomic E-state index is -0.592. The van der Waals surface area contributed by atoms with E-state index in [-0.39, 0.29) is 6.42 Å². The second-order valence-corrected chi connectivity index (χ2v) is 4.09. The van der Waals surface area contributed by atoms with Crippen LogP contribution in [0.2, 0.25) is 0 Å². The van der Waals surface area contributed by atoms with Gasteiger partial charge in [0.15, 0.2) is 0 Å². The van der Waals surface area contributed by atoms with Gasteiger partial charge in [0.2, 0.25) is 11.8 Å². The zero-order valence-electron chi connectivity index (χ0n) is 9.65. The first-order valence-electron chi connectivity index (χ1n) is 5.29. The fourth-order valence-corrected chi connectivity index (χ4v) is 1.50. The molecule has 1 N–H and O–H groups in total. The molecule has 90 valence electrons. The molecule has 0 aliphatic carbocycles. The van der Waals surface area contributed by atoms with Crippen LogP contribution in [0.3, 0.4) is 0 Å². The molecule has 1 aliphatic heterocycles. The number of hydrogen-bond acceptors (Lipinski definition) is 4. The molecule has 16 heavy (non-hydrogen) atoms. The average molecular weight is 227 g/mol. The van der Waals surface area contributed by atoms with Crippen molar-refractivity contribution in [2.45, 2.75) is 19.3 Å². The van der Waals surface area contributed by atoms with Crippen LogP contribution in [0.4, 0.5) is 4.79 Å². The van der Waals surface area contributed by atoms with Crippen molar-refractivity contribution in [3.63, 3.8) is 0 Å². The molecule has 0 saturated carbocycles. The van der Waals surface area contributed by atoms with E-state index >= 15 is 0 Å². The van der Waals surface area contributed by atoms with Gasteiger partial charge in [-0.15, -0.1) is 0 Å². The van der Waals surface area contributed by atoms with Crippen LogP contribution >= 0.6 is 0 Å². The third kappa shape index (κ3) is 3.62. The number of amides is 4. The fraction of sp³-hybridized carbons (Fsp3) is 0.700.